The number of hydrogen-bond acceptors (Lipinski definition) is 3. The first-order valence-electron chi connectivity index (χ1n) is 9.47. The van der Waals surface area contributed by atoms with Gasteiger partial charge in [-0.05, 0) is 54.7 Å². The van der Waals surface area contributed by atoms with Crippen LogP contribution >= 0.6 is 0 Å². The average molecular weight is 403 g/mol. The minimum Gasteiger partial charge on any atom is -0.466 e. The summed E-state index contributed by atoms with van der Waals surface area (Å²) < 4.78 is 43.4. The number of halogens is 3. The van der Waals surface area contributed by atoms with Gasteiger partial charge in [-0.1, -0.05) is 36.4 Å². The molecule has 0 spiro atoms. The highest BCUT2D eigenvalue weighted by Gasteiger charge is 2.40. The zero-order valence-electron chi connectivity index (χ0n) is 16.7. The molecule has 3 nitrogen and oxygen atoms in total. The standard InChI is InChI=1S/C23H24F3NO2/c1-15(11-22(28)29-3)18-9-7-17(8-10-18)12-16(2)27-14-21(27)19-5-4-6-20(13-19)23(24,25)26/h4-11,13,16,21H,12,14H2,1-3H3/b15-11+/t16-,21-,27?/m0/s1. The van der Waals surface area contributed by atoms with Crippen LogP contribution in [0.4, 0.5) is 13.2 Å². The number of esters is 1. The van der Waals surface area contributed by atoms with Gasteiger partial charge in [-0.15, -0.1) is 0 Å². The number of hydrogen-bond donors (Lipinski definition) is 0. The van der Waals surface area contributed by atoms with Crippen LogP contribution in [0, 0.1) is 0 Å². The maximum atomic E-state index is 12.9. The van der Waals surface area contributed by atoms with E-state index in [1.54, 1.807) is 6.07 Å². The predicted molar refractivity (Wildman–Crippen MR) is 106 cm³/mol. The van der Waals surface area contributed by atoms with Crippen molar-refractivity contribution in [3.05, 3.63) is 76.9 Å². The molecule has 0 bridgehead atoms. The van der Waals surface area contributed by atoms with E-state index in [1.165, 1.54) is 25.3 Å². The van der Waals surface area contributed by atoms with E-state index in [2.05, 4.69) is 16.6 Å². The predicted octanol–water partition coefficient (Wildman–Crippen LogP) is 5.27. The maximum Gasteiger partial charge on any atom is 0.416 e. The number of carbonyl (C=O) groups excluding carboxylic acids is 1. The third-order valence-corrected chi connectivity index (χ3v) is 5.29. The molecule has 6 heteroatoms. The van der Waals surface area contributed by atoms with Gasteiger partial charge in [0.15, 0.2) is 0 Å². The lowest BCUT2D eigenvalue weighted by Gasteiger charge is -2.15. The summed E-state index contributed by atoms with van der Waals surface area (Å²) in [7, 11) is 1.34. The Hall–Kier alpha value is -2.60. The Balaban J connectivity index is 1.61. The van der Waals surface area contributed by atoms with Gasteiger partial charge in [0, 0.05) is 24.7 Å². The van der Waals surface area contributed by atoms with E-state index < -0.39 is 11.7 Å². The average Bonchev–Trinajstić information content (AvgIpc) is 3.49. The first kappa shape index (κ1) is 21.1. The van der Waals surface area contributed by atoms with Crippen molar-refractivity contribution in [2.24, 2.45) is 0 Å². The highest BCUT2D eigenvalue weighted by atomic mass is 19.4. The lowest BCUT2D eigenvalue weighted by Crippen LogP contribution is -2.18. The monoisotopic (exact) mass is 403 g/mol. The molecule has 2 aromatic carbocycles. The second-order valence-electron chi connectivity index (χ2n) is 7.44. The minimum absolute atomic E-state index is 0.0387. The van der Waals surface area contributed by atoms with E-state index in [-0.39, 0.29) is 18.1 Å². The van der Waals surface area contributed by atoms with E-state index >= 15 is 0 Å². The molecule has 1 fully saturated rings. The molecule has 3 atom stereocenters. The fourth-order valence-electron chi connectivity index (χ4n) is 3.54. The molecule has 0 aromatic heterocycles. The Morgan fingerprint density at radius 2 is 1.93 bits per heavy atom. The Morgan fingerprint density at radius 3 is 2.55 bits per heavy atom. The number of allylic oxidation sites excluding steroid dienone is 1. The van der Waals surface area contributed by atoms with Crippen LogP contribution in [-0.2, 0) is 22.1 Å². The van der Waals surface area contributed by atoms with Crippen molar-refractivity contribution in [1.82, 2.24) is 4.90 Å². The largest absolute Gasteiger partial charge is 0.466 e. The van der Waals surface area contributed by atoms with Crippen LogP contribution in [0.2, 0.25) is 0 Å². The topological polar surface area (TPSA) is 29.3 Å². The lowest BCUT2D eigenvalue weighted by atomic mass is 10.0. The van der Waals surface area contributed by atoms with E-state index in [0.29, 0.717) is 5.56 Å². The van der Waals surface area contributed by atoms with Crippen molar-refractivity contribution >= 4 is 11.5 Å². The quantitative estimate of drug-likeness (QED) is 0.374. The number of alkyl halides is 3. The summed E-state index contributed by atoms with van der Waals surface area (Å²) in [5.74, 6) is -0.387. The number of carbonyl (C=O) groups is 1. The fourth-order valence-corrected chi connectivity index (χ4v) is 3.54. The summed E-state index contributed by atoms with van der Waals surface area (Å²) in [6.45, 7) is 4.70. The number of methoxy groups -OCH3 is 1. The highest BCUT2D eigenvalue weighted by molar-refractivity contribution is 5.90. The maximum absolute atomic E-state index is 12.9. The second-order valence-corrected chi connectivity index (χ2v) is 7.44. The molecule has 1 unspecified atom stereocenters. The van der Waals surface area contributed by atoms with E-state index in [1.807, 2.05) is 31.2 Å². The third kappa shape index (κ3) is 5.26. The number of rotatable bonds is 6. The smallest absolute Gasteiger partial charge is 0.416 e. The number of benzene rings is 2. The van der Waals surface area contributed by atoms with Gasteiger partial charge in [-0.3, -0.25) is 4.90 Å². The van der Waals surface area contributed by atoms with Gasteiger partial charge in [-0.25, -0.2) is 4.79 Å². The first-order chi connectivity index (χ1) is 13.7. The molecule has 0 aliphatic carbocycles. The van der Waals surface area contributed by atoms with Crippen LogP contribution in [0.5, 0.6) is 0 Å². The van der Waals surface area contributed by atoms with Crippen molar-refractivity contribution in [2.75, 3.05) is 13.7 Å². The molecule has 0 amide bonds. The normalized spacial score (nSPS) is 20.3. The first-order valence-corrected chi connectivity index (χ1v) is 9.47. The molecular formula is C23H24F3NO2. The van der Waals surface area contributed by atoms with E-state index in [9.17, 15) is 18.0 Å². The SMILES string of the molecule is COC(=O)/C=C(\C)c1ccc(C[C@H](C)N2C[C@H]2c2cccc(C(F)(F)F)c2)cc1. The highest BCUT2D eigenvalue weighted by Crippen LogP contribution is 2.40. The summed E-state index contributed by atoms with van der Waals surface area (Å²) in [5, 5.41) is 0. The number of nitrogens with zero attached hydrogens (tertiary/aromatic N) is 1. The Labute approximate surface area is 168 Å². The molecule has 1 aliphatic rings. The van der Waals surface area contributed by atoms with Gasteiger partial charge < -0.3 is 4.74 Å². The van der Waals surface area contributed by atoms with Crippen molar-refractivity contribution in [3.63, 3.8) is 0 Å². The number of ether oxygens (including phenoxy) is 1. The molecule has 0 radical (unpaired) electrons. The Bertz CT molecular complexity index is 903. The van der Waals surface area contributed by atoms with Crippen LogP contribution < -0.4 is 0 Å². The third-order valence-electron chi connectivity index (χ3n) is 5.29. The molecule has 154 valence electrons. The minimum atomic E-state index is -4.32. The second kappa shape index (κ2) is 8.41. The van der Waals surface area contributed by atoms with Gasteiger partial charge in [0.1, 0.15) is 0 Å². The van der Waals surface area contributed by atoms with Crippen molar-refractivity contribution in [2.45, 2.75) is 38.5 Å². The summed E-state index contributed by atoms with van der Waals surface area (Å²) >= 11 is 0. The zero-order chi connectivity index (χ0) is 21.2. The fraction of sp³-hybridized carbons (Fsp3) is 0.348. The van der Waals surface area contributed by atoms with Crippen LogP contribution in [-0.4, -0.2) is 30.6 Å². The molecule has 29 heavy (non-hydrogen) atoms. The summed E-state index contributed by atoms with van der Waals surface area (Å²) in [6.07, 6.45) is -2.06. The molecule has 1 saturated heterocycles. The summed E-state index contributed by atoms with van der Waals surface area (Å²) in [4.78, 5) is 13.5. The molecule has 1 aliphatic heterocycles. The van der Waals surface area contributed by atoms with Gasteiger partial charge >= 0.3 is 12.1 Å². The molecular weight excluding hydrogens is 379 g/mol. The van der Waals surface area contributed by atoms with Gasteiger partial charge in [0.2, 0.25) is 0 Å². The van der Waals surface area contributed by atoms with Crippen molar-refractivity contribution < 1.29 is 22.7 Å². The van der Waals surface area contributed by atoms with E-state index in [0.717, 1.165) is 35.7 Å². The van der Waals surface area contributed by atoms with Crippen molar-refractivity contribution in [1.29, 1.82) is 0 Å². The van der Waals surface area contributed by atoms with Crippen LogP contribution in [0.3, 0.4) is 0 Å². The van der Waals surface area contributed by atoms with Gasteiger partial charge in [-0.2, -0.15) is 13.2 Å². The molecule has 3 rings (SSSR count). The lowest BCUT2D eigenvalue weighted by molar-refractivity contribution is -0.137. The van der Waals surface area contributed by atoms with Crippen LogP contribution in [0.25, 0.3) is 5.57 Å². The summed E-state index contributed by atoms with van der Waals surface area (Å²) in [6, 6.07) is 13.8. The van der Waals surface area contributed by atoms with Crippen molar-refractivity contribution in [3.8, 4) is 0 Å². The van der Waals surface area contributed by atoms with E-state index in [4.69, 9.17) is 0 Å². The zero-order valence-corrected chi connectivity index (χ0v) is 16.7. The molecule has 1 heterocycles. The molecule has 2 aromatic rings. The molecule has 0 N–H and O–H groups in total. The Morgan fingerprint density at radius 1 is 1.24 bits per heavy atom. The Kier molecular flexibility index (Phi) is 6.13. The molecule has 0 saturated carbocycles. The van der Waals surface area contributed by atoms with Gasteiger partial charge in [0.05, 0.1) is 12.7 Å². The van der Waals surface area contributed by atoms with Crippen LogP contribution in [0.15, 0.2) is 54.6 Å². The summed E-state index contributed by atoms with van der Waals surface area (Å²) in [5.41, 5.74) is 3.03. The van der Waals surface area contributed by atoms with Crippen LogP contribution in [0.1, 0.15) is 42.1 Å². The van der Waals surface area contributed by atoms with Gasteiger partial charge in [0.25, 0.3) is 0 Å².